The number of carbonyl (C=O) groups excluding carboxylic acids is 2. The highest BCUT2D eigenvalue weighted by Gasteiger charge is 2.30. The number of rotatable bonds is 6. The monoisotopic (exact) mass is 392 g/mol. The Labute approximate surface area is 162 Å². The molecule has 28 heavy (non-hydrogen) atoms. The van der Waals surface area contributed by atoms with E-state index < -0.39 is 23.7 Å². The maximum atomic E-state index is 12.6. The SMILES string of the molecule is CCc1ccc(C(=O)N[C@@H](C(=O)Nc2ccc(C(F)(F)F)cc2)C(C)C)cc1. The zero-order chi connectivity index (χ0) is 20.9. The molecule has 0 saturated heterocycles. The van der Waals surface area contributed by atoms with Crippen molar-refractivity contribution in [1.29, 1.82) is 0 Å². The van der Waals surface area contributed by atoms with Crippen LogP contribution in [0.3, 0.4) is 0 Å². The molecule has 0 aliphatic rings. The van der Waals surface area contributed by atoms with Crippen molar-refractivity contribution >= 4 is 17.5 Å². The largest absolute Gasteiger partial charge is 0.416 e. The van der Waals surface area contributed by atoms with Crippen molar-refractivity contribution in [3.8, 4) is 0 Å². The summed E-state index contributed by atoms with van der Waals surface area (Å²) in [4.78, 5) is 25.0. The summed E-state index contributed by atoms with van der Waals surface area (Å²) in [6, 6.07) is 10.4. The summed E-state index contributed by atoms with van der Waals surface area (Å²) in [6.45, 7) is 5.56. The molecule has 2 aromatic rings. The third-order valence-corrected chi connectivity index (χ3v) is 4.34. The average Bonchev–Trinajstić information content (AvgIpc) is 2.65. The van der Waals surface area contributed by atoms with Crippen molar-refractivity contribution in [2.24, 2.45) is 5.92 Å². The van der Waals surface area contributed by atoms with Crippen LogP contribution in [0.5, 0.6) is 0 Å². The van der Waals surface area contributed by atoms with Gasteiger partial charge in [0.15, 0.2) is 0 Å². The van der Waals surface area contributed by atoms with Gasteiger partial charge in [0.05, 0.1) is 5.56 Å². The minimum atomic E-state index is -4.44. The molecule has 0 aliphatic carbocycles. The van der Waals surface area contributed by atoms with Crippen molar-refractivity contribution in [1.82, 2.24) is 5.32 Å². The first-order chi connectivity index (χ1) is 13.1. The minimum Gasteiger partial charge on any atom is -0.340 e. The molecule has 2 aromatic carbocycles. The lowest BCUT2D eigenvalue weighted by atomic mass is 10.0. The van der Waals surface area contributed by atoms with E-state index in [9.17, 15) is 22.8 Å². The molecule has 0 unspecified atom stereocenters. The van der Waals surface area contributed by atoms with Crippen LogP contribution in [-0.4, -0.2) is 17.9 Å². The van der Waals surface area contributed by atoms with Crippen molar-refractivity contribution in [2.45, 2.75) is 39.4 Å². The molecular formula is C21H23F3N2O2. The first-order valence-electron chi connectivity index (χ1n) is 8.99. The van der Waals surface area contributed by atoms with Crippen LogP contribution in [0.1, 0.15) is 42.3 Å². The van der Waals surface area contributed by atoms with Crippen LogP contribution < -0.4 is 10.6 Å². The van der Waals surface area contributed by atoms with Gasteiger partial charge < -0.3 is 10.6 Å². The van der Waals surface area contributed by atoms with Crippen LogP contribution >= 0.6 is 0 Å². The maximum Gasteiger partial charge on any atom is 0.416 e. The zero-order valence-electron chi connectivity index (χ0n) is 15.9. The molecular weight excluding hydrogens is 369 g/mol. The molecule has 2 rings (SSSR count). The van der Waals surface area contributed by atoms with Crippen LogP contribution in [0.2, 0.25) is 0 Å². The second-order valence-electron chi connectivity index (χ2n) is 6.81. The van der Waals surface area contributed by atoms with Gasteiger partial charge in [-0.1, -0.05) is 32.9 Å². The smallest absolute Gasteiger partial charge is 0.340 e. The fraction of sp³-hybridized carbons (Fsp3) is 0.333. The molecule has 0 aliphatic heterocycles. The molecule has 2 amide bonds. The molecule has 0 saturated carbocycles. The summed E-state index contributed by atoms with van der Waals surface area (Å²) in [5.74, 6) is -1.09. The number of amides is 2. The summed E-state index contributed by atoms with van der Waals surface area (Å²) in [5, 5.41) is 5.25. The first-order valence-corrected chi connectivity index (χ1v) is 8.99. The van der Waals surface area contributed by atoms with Crippen molar-refractivity contribution < 1.29 is 22.8 Å². The van der Waals surface area contributed by atoms with Crippen LogP contribution in [0, 0.1) is 5.92 Å². The predicted molar refractivity (Wildman–Crippen MR) is 102 cm³/mol. The number of aryl methyl sites for hydroxylation is 1. The molecule has 4 nitrogen and oxygen atoms in total. The second-order valence-corrected chi connectivity index (χ2v) is 6.81. The number of anilines is 1. The first kappa shape index (κ1) is 21.5. The molecule has 0 bridgehead atoms. The number of hydrogen-bond acceptors (Lipinski definition) is 2. The van der Waals surface area contributed by atoms with Gasteiger partial charge in [-0.3, -0.25) is 9.59 Å². The lowest BCUT2D eigenvalue weighted by Crippen LogP contribution is -2.47. The normalized spacial score (nSPS) is 12.5. The number of benzene rings is 2. The Bertz CT molecular complexity index is 813. The van der Waals surface area contributed by atoms with Crippen LogP contribution in [0.25, 0.3) is 0 Å². The standard InChI is InChI=1S/C21H23F3N2O2/c1-4-14-5-7-15(8-6-14)19(27)26-18(13(2)3)20(28)25-17-11-9-16(10-12-17)21(22,23)24/h5-13,18H,4H2,1-3H3,(H,25,28)(H,26,27)/t18-/m1/s1. The molecule has 0 spiro atoms. The molecule has 7 heteroatoms. The van der Waals surface area contributed by atoms with E-state index >= 15 is 0 Å². The van der Waals surface area contributed by atoms with E-state index in [0.29, 0.717) is 5.56 Å². The topological polar surface area (TPSA) is 58.2 Å². The van der Waals surface area contributed by atoms with Crippen LogP contribution in [0.15, 0.2) is 48.5 Å². The molecule has 1 atom stereocenters. The Kier molecular flexibility index (Phi) is 6.83. The Morgan fingerprint density at radius 1 is 0.964 bits per heavy atom. The maximum absolute atomic E-state index is 12.6. The third-order valence-electron chi connectivity index (χ3n) is 4.34. The predicted octanol–water partition coefficient (Wildman–Crippen LogP) is 4.66. The summed E-state index contributed by atoms with van der Waals surface area (Å²) < 4.78 is 37.9. The molecule has 0 aromatic heterocycles. The van der Waals surface area contributed by atoms with E-state index in [1.165, 1.54) is 12.1 Å². The van der Waals surface area contributed by atoms with E-state index in [1.807, 2.05) is 19.1 Å². The van der Waals surface area contributed by atoms with E-state index in [2.05, 4.69) is 10.6 Å². The number of halogens is 3. The van der Waals surface area contributed by atoms with Crippen molar-refractivity contribution in [3.63, 3.8) is 0 Å². The Morgan fingerprint density at radius 2 is 1.54 bits per heavy atom. The summed E-state index contributed by atoms with van der Waals surface area (Å²) in [6.07, 6.45) is -3.59. The minimum absolute atomic E-state index is 0.215. The highest BCUT2D eigenvalue weighted by molar-refractivity contribution is 6.01. The number of hydrogen-bond donors (Lipinski definition) is 2. The van der Waals surface area contributed by atoms with Gasteiger partial charge in [-0.2, -0.15) is 13.2 Å². The third kappa shape index (κ3) is 5.58. The van der Waals surface area contributed by atoms with Gasteiger partial charge in [-0.25, -0.2) is 0 Å². The van der Waals surface area contributed by atoms with Crippen molar-refractivity contribution in [2.75, 3.05) is 5.32 Å². The van der Waals surface area contributed by atoms with Gasteiger partial charge in [0, 0.05) is 11.3 Å². The fourth-order valence-corrected chi connectivity index (χ4v) is 2.61. The Hall–Kier alpha value is -2.83. The van der Waals surface area contributed by atoms with Crippen molar-refractivity contribution in [3.05, 3.63) is 65.2 Å². The summed E-state index contributed by atoms with van der Waals surface area (Å²) in [5.41, 5.74) is 0.960. The lowest BCUT2D eigenvalue weighted by molar-refractivity contribution is -0.137. The highest BCUT2D eigenvalue weighted by atomic mass is 19.4. The zero-order valence-corrected chi connectivity index (χ0v) is 15.9. The van der Waals surface area contributed by atoms with Crippen LogP contribution in [-0.2, 0) is 17.4 Å². The molecule has 0 radical (unpaired) electrons. The Balaban J connectivity index is 2.07. The van der Waals surface area contributed by atoms with E-state index in [4.69, 9.17) is 0 Å². The second kappa shape index (κ2) is 8.91. The van der Waals surface area contributed by atoms with E-state index in [-0.39, 0.29) is 17.5 Å². The number of alkyl halides is 3. The lowest BCUT2D eigenvalue weighted by Gasteiger charge is -2.22. The van der Waals surface area contributed by atoms with Crippen LogP contribution in [0.4, 0.5) is 18.9 Å². The van der Waals surface area contributed by atoms with E-state index in [0.717, 1.165) is 24.1 Å². The Morgan fingerprint density at radius 3 is 2.00 bits per heavy atom. The quantitative estimate of drug-likeness (QED) is 0.751. The van der Waals surface area contributed by atoms with Gasteiger partial charge >= 0.3 is 6.18 Å². The van der Waals surface area contributed by atoms with Gasteiger partial charge in [-0.15, -0.1) is 0 Å². The molecule has 2 N–H and O–H groups in total. The molecule has 0 fully saturated rings. The molecule has 150 valence electrons. The highest BCUT2D eigenvalue weighted by Crippen LogP contribution is 2.29. The summed E-state index contributed by atoms with van der Waals surface area (Å²) >= 11 is 0. The van der Waals surface area contributed by atoms with Gasteiger partial charge in [-0.05, 0) is 54.3 Å². The summed E-state index contributed by atoms with van der Waals surface area (Å²) in [7, 11) is 0. The molecule has 0 heterocycles. The number of nitrogens with one attached hydrogen (secondary N) is 2. The fourth-order valence-electron chi connectivity index (χ4n) is 2.61. The van der Waals surface area contributed by atoms with Gasteiger partial charge in [0.2, 0.25) is 5.91 Å². The van der Waals surface area contributed by atoms with Gasteiger partial charge in [0.1, 0.15) is 6.04 Å². The van der Waals surface area contributed by atoms with Gasteiger partial charge in [0.25, 0.3) is 5.91 Å². The van der Waals surface area contributed by atoms with E-state index in [1.54, 1.807) is 26.0 Å². The number of carbonyl (C=O) groups is 2. The average molecular weight is 392 g/mol.